The fraction of sp³-hybridized carbons (Fsp3) is 0.800. The first-order chi connectivity index (χ1) is 6.72. The van der Waals surface area contributed by atoms with Crippen molar-refractivity contribution in [3.8, 4) is 6.07 Å². The van der Waals surface area contributed by atoms with Crippen LogP contribution in [0.4, 0.5) is 0 Å². The Bertz CT molecular complexity index is 231. The van der Waals surface area contributed by atoms with Crippen LogP contribution < -0.4 is 5.32 Å². The molecule has 0 saturated carbocycles. The Balaban J connectivity index is 2.22. The van der Waals surface area contributed by atoms with Crippen molar-refractivity contribution in [3.63, 3.8) is 0 Å². The molecule has 1 atom stereocenters. The third kappa shape index (κ3) is 4.01. The molecule has 1 rings (SSSR count). The topological polar surface area (TPSA) is 52.9 Å². The summed E-state index contributed by atoms with van der Waals surface area (Å²) in [7, 11) is 0. The first kappa shape index (κ1) is 11.4. The van der Waals surface area contributed by atoms with Crippen molar-refractivity contribution in [2.24, 2.45) is 5.92 Å². The summed E-state index contributed by atoms with van der Waals surface area (Å²) in [6.07, 6.45) is 2.87. The minimum absolute atomic E-state index is 0.0240. The van der Waals surface area contributed by atoms with Crippen LogP contribution in [0.5, 0.6) is 0 Å². The van der Waals surface area contributed by atoms with Crippen molar-refractivity contribution in [2.45, 2.75) is 32.2 Å². The van der Waals surface area contributed by atoms with Crippen LogP contribution in [0.15, 0.2) is 0 Å². The lowest BCUT2D eigenvalue weighted by atomic mass is 9.98. The van der Waals surface area contributed by atoms with Crippen molar-refractivity contribution in [2.75, 3.05) is 11.5 Å². The molecule has 3 nitrogen and oxygen atoms in total. The van der Waals surface area contributed by atoms with Gasteiger partial charge in [0.25, 0.3) is 0 Å². The highest BCUT2D eigenvalue weighted by Crippen LogP contribution is 2.24. The molecular weight excluding hydrogens is 196 g/mol. The Kier molecular flexibility index (Phi) is 4.81. The number of carbonyl (C=O) groups is 1. The number of hydrogen-bond acceptors (Lipinski definition) is 3. The maximum absolute atomic E-state index is 11.4. The Morgan fingerprint density at radius 1 is 1.64 bits per heavy atom. The summed E-state index contributed by atoms with van der Waals surface area (Å²) in [6.45, 7) is 1.70. The van der Waals surface area contributed by atoms with Gasteiger partial charge >= 0.3 is 0 Å². The molecule has 0 aromatic heterocycles. The van der Waals surface area contributed by atoms with E-state index in [2.05, 4.69) is 5.32 Å². The van der Waals surface area contributed by atoms with Crippen molar-refractivity contribution in [3.05, 3.63) is 0 Å². The molecule has 0 aliphatic carbocycles. The fourth-order valence-corrected chi connectivity index (χ4v) is 2.75. The SMILES string of the molecule is CC(C#N)NC(=O)CC1CCSCC1. The average molecular weight is 212 g/mol. The van der Waals surface area contributed by atoms with Gasteiger partial charge in [-0.05, 0) is 37.2 Å². The van der Waals surface area contributed by atoms with Gasteiger partial charge < -0.3 is 5.32 Å². The highest BCUT2D eigenvalue weighted by Gasteiger charge is 2.17. The number of rotatable bonds is 3. The standard InChI is InChI=1S/C10H16N2OS/c1-8(7-11)12-10(13)6-9-2-4-14-5-3-9/h8-9H,2-6H2,1H3,(H,12,13). The minimum atomic E-state index is -0.361. The smallest absolute Gasteiger partial charge is 0.221 e. The third-order valence-electron chi connectivity index (χ3n) is 2.39. The monoisotopic (exact) mass is 212 g/mol. The summed E-state index contributed by atoms with van der Waals surface area (Å²) in [6, 6.07) is 1.64. The number of nitrogens with one attached hydrogen (secondary N) is 1. The molecule has 1 aliphatic heterocycles. The van der Waals surface area contributed by atoms with Crippen molar-refractivity contribution in [1.82, 2.24) is 5.32 Å². The van der Waals surface area contributed by atoms with Gasteiger partial charge in [-0.25, -0.2) is 0 Å². The van der Waals surface area contributed by atoms with E-state index in [1.54, 1.807) is 6.92 Å². The maximum Gasteiger partial charge on any atom is 0.221 e. The van der Waals surface area contributed by atoms with Crippen LogP contribution in [0.25, 0.3) is 0 Å². The summed E-state index contributed by atoms with van der Waals surface area (Å²) < 4.78 is 0. The lowest BCUT2D eigenvalue weighted by Crippen LogP contribution is -2.33. The number of carbonyl (C=O) groups excluding carboxylic acids is 1. The largest absolute Gasteiger partial charge is 0.341 e. The van der Waals surface area contributed by atoms with Gasteiger partial charge in [-0.2, -0.15) is 17.0 Å². The number of hydrogen-bond donors (Lipinski definition) is 1. The van der Waals surface area contributed by atoms with Crippen LogP contribution in [0.2, 0.25) is 0 Å². The summed E-state index contributed by atoms with van der Waals surface area (Å²) in [5, 5.41) is 11.2. The molecule has 1 heterocycles. The second-order valence-electron chi connectivity index (χ2n) is 3.68. The first-order valence-electron chi connectivity index (χ1n) is 4.99. The van der Waals surface area contributed by atoms with E-state index in [-0.39, 0.29) is 11.9 Å². The van der Waals surface area contributed by atoms with Gasteiger partial charge in [-0.3, -0.25) is 4.79 Å². The van der Waals surface area contributed by atoms with Gasteiger partial charge in [0, 0.05) is 6.42 Å². The zero-order valence-electron chi connectivity index (χ0n) is 8.45. The van der Waals surface area contributed by atoms with Crippen molar-refractivity contribution < 1.29 is 4.79 Å². The number of nitrogens with zero attached hydrogens (tertiary/aromatic N) is 1. The van der Waals surface area contributed by atoms with Gasteiger partial charge in [0.05, 0.1) is 6.07 Å². The minimum Gasteiger partial charge on any atom is -0.341 e. The molecule has 1 amide bonds. The highest BCUT2D eigenvalue weighted by atomic mass is 32.2. The average Bonchev–Trinajstić information content (AvgIpc) is 2.19. The quantitative estimate of drug-likeness (QED) is 0.772. The Morgan fingerprint density at radius 2 is 2.29 bits per heavy atom. The van der Waals surface area contributed by atoms with Gasteiger partial charge in [0.2, 0.25) is 5.91 Å². The van der Waals surface area contributed by atoms with Crippen LogP contribution in [-0.4, -0.2) is 23.5 Å². The Hall–Kier alpha value is -0.690. The molecule has 0 spiro atoms. The number of nitriles is 1. The van der Waals surface area contributed by atoms with Crippen LogP contribution in [0.1, 0.15) is 26.2 Å². The Labute approximate surface area is 89.2 Å². The molecule has 0 aromatic rings. The number of thioether (sulfide) groups is 1. The van der Waals surface area contributed by atoms with Crippen LogP contribution in [0.3, 0.4) is 0 Å². The fourth-order valence-electron chi connectivity index (χ4n) is 1.55. The van der Waals surface area contributed by atoms with Gasteiger partial charge in [0.15, 0.2) is 0 Å². The van der Waals surface area contributed by atoms with E-state index in [0.29, 0.717) is 12.3 Å². The molecule has 1 unspecified atom stereocenters. The third-order valence-corrected chi connectivity index (χ3v) is 3.43. The normalized spacial score (nSPS) is 19.7. The van der Waals surface area contributed by atoms with Gasteiger partial charge in [-0.15, -0.1) is 0 Å². The summed E-state index contributed by atoms with van der Waals surface area (Å²) in [4.78, 5) is 11.4. The molecule has 1 saturated heterocycles. The molecule has 1 N–H and O–H groups in total. The van der Waals surface area contributed by atoms with Crippen LogP contribution >= 0.6 is 11.8 Å². The Morgan fingerprint density at radius 3 is 2.86 bits per heavy atom. The maximum atomic E-state index is 11.4. The second kappa shape index (κ2) is 5.92. The molecule has 14 heavy (non-hydrogen) atoms. The van der Waals surface area contributed by atoms with Crippen LogP contribution in [-0.2, 0) is 4.79 Å². The van der Waals surface area contributed by atoms with E-state index in [1.807, 2.05) is 17.8 Å². The zero-order chi connectivity index (χ0) is 10.4. The summed E-state index contributed by atoms with van der Waals surface area (Å²) in [5.41, 5.74) is 0. The van der Waals surface area contributed by atoms with E-state index in [1.165, 1.54) is 11.5 Å². The molecule has 1 aliphatic rings. The molecule has 0 aromatic carbocycles. The summed E-state index contributed by atoms with van der Waals surface area (Å²) >= 11 is 1.96. The van der Waals surface area contributed by atoms with E-state index >= 15 is 0 Å². The molecular formula is C10H16N2OS. The second-order valence-corrected chi connectivity index (χ2v) is 4.90. The number of amides is 1. The van der Waals surface area contributed by atoms with Gasteiger partial charge in [-0.1, -0.05) is 0 Å². The zero-order valence-corrected chi connectivity index (χ0v) is 9.27. The molecule has 0 radical (unpaired) electrons. The van der Waals surface area contributed by atoms with Gasteiger partial charge in [0.1, 0.15) is 6.04 Å². The molecule has 0 bridgehead atoms. The molecule has 78 valence electrons. The highest BCUT2D eigenvalue weighted by molar-refractivity contribution is 7.99. The summed E-state index contributed by atoms with van der Waals surface area (Å²) in [5.74, 6) is 2.90. The van der Waals surface area contributed by atoms with E-state index in [4.69, 9.17) is 5.26 Å². The molecule has 4 heteroatoms. The lowest BCUT2D eigenvalue weighted by molar-refractivity contribution is -0.122. The van der Waals surface area contributed by atoms with E-state index in [9.17, 15) is 4.79 Å². The predicted molar refractivity (Wildman–Crippen MR) is 57.9 cm³/mol. The lowest BCUT2D eigenvalue weighted by Gasteiger charge is -2.20. The predicted octanol–water partition coefficient (Wildman–Crippen LogP) is 1.55. The molecule has 1 fully saturated rings. The van der Waals surface area contributed by atoms with E-state index in [0.717, 1.165) is 12.8 Å². The van der Waals surface area contributed by atoms with Crippen molar-refractivity contribution >= 4 is 17.7 Å². The van der Waals surface area contributed by atoms with Crippen molar-refractivity contribution in [1.29, 1.82) is 5.26 Å². The first-order valence-corrected chi connectivity index (χ1v) is 6.14. The van der Waals surface area contributed by atoms with E-state index < -0.39 is 0 Å². The van der Waals surface area contributed by atoms with Crippen LogP contribution in [0, 0.1) is 17.2 Å².